The lowest BCUT2D eigenvalue weighted by Crippen LogP contribution is -2.44. The third-order valence-electron chi connectivity index (χ3n) is 7.17. The molecule has 1 aliphatic carbocycles. The first-order chi connectivity index (χ1) is 16.9. The van der Waals surface area contributed by atoms with Gasteiger partial charge in [-0.2, -0.15) is 10.1 Å². The number of hydrogen-bond donors (Lipinski definition) is 3. The summed E-state index contributed by atoms with van der Waals surface area (Å²) in [6.45, 7) is 6.45. The van der Waals surface area contributed by atoms with E-state index in [1.165, 1.54) is 6.21 Å². The number of nitrogens with one attached hydrogen (secondary N) is 3. The second-order valence-electron chi connectivity index (χ2n) is 9.81. The van der Waals surface area contributed by atoms with Gasteiger partial charge < -0.3 is 25.5 Å². The Kier molecular flexibility index (Phi) is 6.00. The van der Waals surface area contributed by atoms with Crippen LogP contribution in [-0.4, -0.2) is 63.5 Å². The molecule has 1 saturated carbocycles. The summed E-state index contributed by atoms with van der Waals surface area (Å²) in [7, 11) is 1.80. The van der Waals surface area contributed by atoms with Gasteiger partial charge in [0.05, 0.1) is 18.1 Å². The van der Waals surface area contributed by atoms with Crippen LogP contribution in [0.1, 0.15) is 55.3 Å². The second-order valence-corrected chi connectivity index (χ2v) is 9.81. The van der Waals surface area contributed by atoms with Crippen LogP contribution in [0.15, 0.2) is 29.2 Å². The molecule has 3 aromatic rings. The van der Waals surface area contributed by atoms with E-state index in [9.17, 15) is 4.79 Å². The summed E-state index contributed by atoms with van der Waals surface area (Å²) in [6.07, 6.45) is 9.58. The predicted octanol–water partition coefficient (Wildman–Crippen LogP) is 2.27. The lowest BCUT2D eigenvalue weighted by atomic mass is 9.86. The van der Waals surface area contributed by atoms with Crippen molar-refractivity contribution in [1.29, 1.82) is 5.41 Å². The Bertz CT molecular complexity index is 1270. The molecule has 1 amide bonds. The van der Waals surface area contributed by atoms with Gasteiger partial charge in [-0.15, -0.1) is 0 Å². The number of carbonyl (C=O) groups is 1. The molecule has 4 heterocycles. The fourth-order valence-electron chi connectivity index (χ4n) is 4.58. The smallest absolute Gasteiger partial charge is 0.292 e. The van der Waals surface area contributed by atoms with Crippen LogP contribution >= 0.6 is 0 Å². The van der Waals surface area contributed by atoms with Crippen molar-refractivity contribution in [3.05, 3.63) is 42.1 Å². The van der Waals surface area contributed by atoms with Crippen molar-refractivity contribution >= 4 is 29.0 Å². The van der Waals surface area contributed by atoms with Crippen molar-refractivity contribution in [1.82, 2.24) is 35.4 Å². The van der Waals surface area contributed by atoms with E-state index in [4.69, 9.17) is 14.9 Å². The highest BCUT2D eigenvalue weighted by Gasteiger charge is 2.45. The molecule has 2 fully saturated rings. The zero-order valence-electron chi connectivity index (χ0n) is 20.3. The summed E-state index contributed by atoms with van der Waals surface area (Å²) in [5, 5.41) is 22.0. The molecular weight excluding hydrogens is 446 g/mol. The molecule has 35 heavy (non-hydrogen) atoms. The van der Waals surface area contributed by atoms with Gasteiger partial charge >= 0.3 is 0 Å². The standard InChI is InChI=1S/C24H31N9O2/c1-15-13-32(21-19-4-8-28-33(19)14-18(29-21)17(10-25)11-26-3)9-5-16(15)12-27-22(34)20-30-23(35-31-20)24(2)6-7-24/h4,8,10-11,14-16,25-26H,5-7,9,12-13H2,1-3H3,(H,27,34)/b17-11+,25-10?/t15-,16+/m1/s1. The second kappa shape index (κ2) is 9.12. The van der Waals surface area contributed by atoms with Crippen LogP contribution in [0, 0.1) is 17.2 Å². The highest BCUT2D eigenvalue weighted by atomic mass is 16.5. The molecule has 0 unspecified atom stereocenters. The highest BCUT2D eigenvalue weighted by molar-refractivity contribution is 6.07. The molecule has 2 aliphatic rings. The van der Waals surface area contributed by atoms with Crippen LogP contribution < -0.4 is 15.5 Å². The summed E-state index contributed by atoms with van der Waals surface area (Å²) < 4.78 is 7.11. The Morgan fingerprint density at radius 2 is 2.20 bits per heavy atom. The molecule has 2 atom stereocenters. The molecule has 11 heteroatoms. The number of anilines is 1. The summed E-state index contributed by atoms with van der Waals surface area (Å²) in [4.78, 5) is 24.1. The summed E-state index contributed by atoms with van der Waals surface area (Å²) in [6, 6.07) is 1.95. The number of carbonyl (C=O) groups excluding carboxylic acids is 1. The largest absolute Gasteiger partial charge is 0.393 e. The van der Waals surface area contributed by atoms with Crippen LogP contribution in [0.25, 0.3) is 11.1 Å². The minimum atomic E-state index is -0.287. The molecule has 0 spiro atoms. The molecule has 184 valence electrons. The molecule has 11 nitrogen and oxygen atoms in total. The van der Waals surface area contributed by atoms with Crippen molar-refractivity contribution in [2.45, 2.75) is 38.5 Å². The van der Waals surface area contributed by atoms with Gasteiger partial charge in [0.1, 0.15) is 5.52 Å². The number of rotatable bonds is 8. The maximum Gasteiger partial charge on any atom is 0.292 e. The lowest BCUT2D eigenvalue weighted by Gasteiger charge is -2.38. The zero-order valence-corrected chi connectivity index (χ0v) is 20.3. The van der Waals surface area contributed by atoms with E-state index < -0.39 is 0 Å². The van der Waals surface area contributed by atoms with E-state index in [1.54, 1.807) is 19.4 Å². The number of amides is 1. The van der Waals surface area contributed by atoms with Crippen molar-refractivity contribution < 1.29 is 9.32 Å². The minimum absolute atomic E-state index is 0.0541. The number of fused-ring (bicyclic) bond motifs is 1. The maximum atomic E-state index is 12.6. The molecule has 3 aromatic heterocycles. The molecule has 3 N–H and O–H groups in total. The first-order valence-electron chi connectivity index (χ1n) is 12.0. The predicted molar refractivity (Wildman–Crippen MR) is 132 cm³/mol. The molecule has 0 bridgehead atoms. The molecular formula is C24H31N9O2. The molecule has 0 radical (unpaired) electrons. The van der Waals surface area contributed by atoms with Crippen LogP contribution in [0.2, 0.25) is 0 Å². The van der Waals surface area contributed by atoms with E-state index in [-0.39, 0.29) is 17.1 Å². The molecule has 5 rings (SSSR count). The summed E-state index contributed by atoms with van der Waals surface area (Å²) in [5.41, 5.74) is 2.24. The number of aromatic nitrogens is 5. The van der Waals surface area contributed by atoms with Gasteiger partial charge in [-0.25, -0.2) is 9.50 Å². The fraction of sp³-hybridized carbons (Fsp3) is 0.500. The Labute approximate surface area is 203 Å². The van der Waals surface area contributed by atoms with Gasteiger partial charge in [-0.3, -0.25) is 4.79 Å². The van der Waals surface area contributed by atoms with Crippen LogP contribution in [-0.2, 0) is 5.41 Å². The van der Waals surface area contributed by atoms with Crippen LogP contribution in [0.5, 0.6) is 0 Å². The quantitative estimate of drug-likeness (QED) is 0.420. The van der Waals surface area contributed by atoms with Gasteiger partial charge in [-0.05, 0) is 37.2 Å². The van der Waals surface area contributed by atoms with E-state index in [1.807, 2.05) is 16.8 Å². The minimum Gasteiger partial charge on any atom is -0.393 e. The van der Waals surface area contributed by atoms with Gasteiger partial charge in [0.15, 0.2) is 5.82 Å². The van der Waals surface area contributed by atoms with Crippen LogP contribution in [0.4, 0.5) is 5.82 Å². The molecule has 1 aliphatic heterocycles. The van der Waals surface area contributed by atoms with Crippen molar-refractivity contribution in [3.8, 4) is 0 Å². The normalized spacial score (nSPS) is 21.7. The Morgan fingerprint density at radius 3 is 2.91 bits per heavy atom. The zero-order chi connectivity index (χ0) is 24.6. The Hall–Kier alpha value is -3.76. The summed E-state index contributed by atoms with van der Waals surface area (Å²) >= 11 is 0. The first-order valence-corrected chi connectivity index (χ1v) is 12.0. The topological polar surface area (TPSA) is 137 Å². The first kappa shape index (κ1) is 23.0. The van der Waals surface area contributed by atoms with E-state index in [0.29, 0.717) is 35.5 Å². The number of hydrogen-bond acceptors (Lipinski definition) is 9. The monoisotopic (exact) mass is 477 g/mol. The van der Waals surface area contributed by atoms with Crippen LogP contribution in [0.3, 0.4) is 0 Å². The van der Waals surface area contributed by atoms with Crippen molar-refractivity contribution in [2.75, 3.05) is 31.6 Å². The third kappa shape index (κ3) is 4.50. The van der Waals surface area contributed by atoms with E-state index in [0.717, 1.165) is 43.7 Å². The number of nitrogens with zero attached hydrogens (tertiary/aromatic N) is 6. The van der Waals surface area contributed by atoms with Crippen molar-refractivity contribution in [2.24, 2.45) is 11.8 Å². The van der Waals surface area contributed by atoms with E-state index >= 15 is 0 Å². The molecule has 0 aromatic carbocycles. The Morgan fingerprint density at radius 1 is 1.37 bits per heavy atom. The van der Waals surface area contributed by atoms with Gasteiger partial charge in [0, 0.05) is 50.1 Å². The third-order valence-corrected chi connectivity index (χ3v) is 7.17. The average Bonchev–Trinajstić information content (AvgIpc) is 3.26. The van der Waals surface area contributed by atoms with Crippen molar-refractivity contribution in [3.63, 3.8) is 0 Å². The highest BCUT2D eigenvalue weighted by Crippen LogP contribution is 2.46. The SMILES string of the molecule is CN/C=C(\C=N)c1cn2nccc2c(N2CC[C@@H](CNC(=O)c3noc(C4(C)CC4)n3)[C@H](C)C2)n1. The summed E-state index contributed by atoms with van der Waals surface area (Å²) in [5.74, 6) is 1.89. The van der Waals surface area contributed by atoms with Gasteiger partial charge in [0.2, 0.25) is 5.89 Å². The lowest BCUT2D eigenvalue weighted by molar-refractivity contribution is 0.0926. The van der Waals surface area contributed by atoms with E-state index in [2.05, 4.69) is 44.6 Å². The fourth-order valence-corrected chi connectivity index (χ4v) is 4.58. The maximum absolute atomic E-state index is 12.6. The average molecular weight is 478 g/mol. The van der Waals surface area contributed by atoms with Gasteiger partial charge in [-0.1, -0.05) is 19.0 Å². The molecule has 1 saturated heterocycles. The Balaban J connectivity index is 1.25. The number of allylic oxidation sites excluding steroid dienone is 1. The number of piperidine rings is 1. The van der Waals surface area contributed by atoms with Gasteiger partial charge in [0.25, 0.3) is 11.7 Å².